The van der Waals surface area contributed by atoms with Gasteiger partial charge in [0.15, 0.2) is 5.69 Å². The summed E-state index contributed by atoms with van der Waals surface area (Å²) < 4.78 is 82.6. The third-order valence-electron chi connectivity index (χ3n) is 4.09. The van der Waals surface area contributed by atoms with E-state index in [9.17, 15) is 35.9 Å². The van der Waals surface area contributed by atoms with Crippen LogP contribution < -0.4 is 11.1 Å². The zero-order valence-electron chi connectivity index (χ0n) is 17.0. The van der Waals surface area contributed by atoms with E-state index in [0.717, 1.165) is 12.3 Å². The van der Waals surface area contributed by atoms with Crippen molar-refractivity contribution in [2.24, 2.45) is 0 Å². The van der Waals surface area contributed by atoms with Crippen molar-refractivity contribution in [1.82, 2.24) is 10.3 Å². The molecule has 1 heterocycles. The first-order valence-corrected chi connectivity index (χ1v) is 10.7. The molecule has 176 valence electrons. The number of carbonyl (C=O) groups excluding carboxylic acids is 1. The largest absolute Gasteiger partial charge is 0.416 e. The smallest absolute Gasteiger partial charge is 0.397 e. The molecule has 0 aliphatic heterocycles. The molecule has 2 rings (SSSR count). The molecule has 13 heteroatoms. The number of aromatic nitrogens is 1. The van der Waals surface area contributed by atoms with Crippen LogP contribution in [0, 0.1) is 5.82 Å². The first-order chi connectivity index (χ1) is 14.7. The lowest BCUT2D eigenvalue weighted by atomic mass is 10.2. The second-order valence-electron chi connectivity index (χ2n) is 7.00. The molecule has 0 saturated heterocycles. The fourth-order valence-corrected chi connectivity index (χ4v) is 3.77. The minimum absolute atomic E-state index is 0.0310. The van der Waals surface area contributed by atoms with Crippen molar-refractivity contribution in [3.05, 3.63) is 47.5 Å². The molecular weight excluding hydrogens is 458 g/mol. The van der Waals surface area contributed by atoms with Gasteiger partial charge in [0.1, 0.15) is 10.7 Å². The van der Waals surface area contributed by atoms with Crippen molar-refractivity contribution in [1.29, 1.82) is 0 Å². The van der Waals surface area contributed by atoms with E-state index < -0.39 is 49.2 Å². The van der Waals surface area contributed by atoms with Gasteiger partial charge in [0, 0.05) is 12.7 Å². The SMILES string of the molecule is CC(C)OCC(O)CNC(=O)c1ncc(S(=O)(=O)c2ccc(C(F)(F)F)cc2F)cc1N. The summed E-state index contributed by atoms with van der Waals surface area (Å²) in [5, 5.41) is 12.1. The van der Waals surface area contributed by atoms with E-state index in [4.69, 9.17) is 10.5 Å². The summed E-state index contributed by atoms with van der Waals surface area (Å²) in [6.45, 7) is 3.31. The van der Waals surface area contributed by atoms with Gasteiger partial charge in [0.05, 0.1) is 35.0 Å². The Morgan fingerprint density at radius 3 is 2.47 bits per heavy atom. The highest BCUT2D eigenvalue weighted by Crippen LogP contribution is 2.32. The fraction of sp³-hybridized carbons (Fsp3) is 0.368. The van der Waals surface area contributed by atoms with Gasteiger partial charge in [0.25, 0.3) is 5.91 Å². The van der Waals surface area contributed by atoms with E-state index >= 15 is 0 Å². The molecule has 1 aromatic carbocycles. The van der Waals surface area contributed by atoms with Crippen molar-refractivity contribution in [2.75, 3.05) is 18.9 Å². The number of hydrogen-bond donors (Lipinski definition) is 3. The van der Waals surface area contributed by atoms with Crippen LogP contribution in [0.5, 0.6) is 0 Å². The maximum Gasteiger partial charge on any atom is 0.416 e. The zero-order chi connectivity index (χ0) is 24.3. The maximum absolute atomic E-state index is 14.1. The molecule has 0 radical (unpaired) electrons. The van der Waals surface area contributed by atoms with Crippen LogP contribution in [0.1, 0.15) is 29.9 Å². The number of anilines is 1. The summed E-state index contributed by atoms with van der Waals surface area (Å²) in [4.78, 5) is 14.3. The Morgan fingerprint density at radius 2 is 1.94 bits per heavy atom. The van der Waals surface area contributed by atoms with Gasteiger partial charge in [-0.15, -0.1) is 0 Å². The Balaban J connectivity index is 2.21. The van der Waals surface area contributed by atoms with Gasteiger partial charge in [0.2, 0.25) is 9.84 Å². The van der Waals surface area contributed by atoms with Gasteiger partial charge in [-0.2, -0.15) is 13.2 Å². The number of aliphatic hydroxyl groups is 1. The number of benzene rings is 1. The second kappa shape index (κ2) is 9.79. The van der Waals surface area contributed by atoms with Gasteiger partial charge in [-0.1, -0.05) is 0 Å². The predicted octanol–water partition coefficient (Wildman–Crippen LogP) is 2.17. The lowest BCUT2D eigenvalue weighted by molar-refractivity contribution is -0.137. The topological polar surface area (TPSA) is 132 Å². The van der Waals surface area contributed by atoms with Crippen LogP contribution in [-0.2, 0) is 20.8 Å². The summed E-state index contributed by atoms with van der Waals surface area (Å²) in [6.07, 6.45) is -5.25. The van der Waals surface area contributed by atoms with E-state index in [0.29, 0.717) is 12.1 Å². The van der Waals surface area contributed by atoms with Gasteiger partial charge < -0.3 is 20.9 Å². The van der Waals surface area contributed by atoms with Crippen LogP contribution in [0.2, 0.25) is 0 Å². The Morgan fingerprint density at radius 1 is 1.28 bits per heavy atom. The minimum atomic E-state index is -4.85. The number of nitrogen functional groups attached to an aromatic ring is 1. The monoisotopic (exact) mass is 479 g/mol. The first kappa shape index (κ1) is 25.5. The van der Waals surface area contributed by atoms with Gasteiger partial charge in [-0.3, -0.25) is 4.79 Å². The molecule has 0 fully saturated rings. The predicted molar refractivity (Wildman–Crippen MR) is 105 cm³/mol. The highest BCUT2D eigenvalue weighted by atomic mass is 32.2. The molecule has 0 bridgehead atoms. The molecule has 1 amide bonds. The molecule has 1 aromatic heterocycles. The number of aliphatic hydroxyl groups excluding tert-OH is 1. The number of pyridine rings is 1. The van der Waals surface area contributed by atoms with Crippen molar-refractivity contribution in [3.8, 4) is 0 Å². The Kier molecular flexibility index (Phi) is 7.80. The van der Waals surface area contributed by atoms with E-state index in [-0.39, 0.29) is 36.7 Å². The average Bonchev–Trinajstić information content (AvgIpc) is 2.69. The van der Waals surface area contributed by atoms with Gasteiger partial charge in [-0.25, -0.2) is 17.8 Å². The second-order valence-corrected chi connectivity index (χ2v) is 8.92. The number of alkyl halides is 3. The molecule has 1 atom stereocenters. The summed E-state index contributed by atoms with van der Waals surface area (Å²) in [7, 11) is -4.61. The minimum Gasteiger partial charge on any atom is -0.397 e. The van der Waals surface area contributed by atoms with Crippen LogP contribution in [0.15, 0.2) is 40.3 Å². The summed E-state index contributed by atoms with van der Waals surface area (Å²) in [5.74, 6) is -2.41. The Labute approximate surface area is 181 Å². The fourth-order valence-electron chi connectivity index (χ4n) is 2.48. The molecule has 0 saturated carbocycles. The zero-order valence-corrected chi connectivity index (χ0v) is 17.8. The van der Waals surface area contributed by atoms with E-state index in [1.807, 2.05) is 0 Å². The number of sulfone groups is 1. The molecule has 0 aliphatic rings. The average molecular weight is 479 g/mol. The molecular formula is C19H21F4N3O5S. The maximum atomic E-state index is 14.1. The van der Waals surface area contributed by atoms with E-state index in [1.54, 1.807) is 13.8 Å². The highest BCUT2D eigenvalue weighted by molar-refractivity contribution is 7.91. The normalized spacial score (nSPS) is 13.2. The number of nitrogens with two attached hydrogens (primary N) is 1. The number of halogens is 4. The number of amides is 1. The molecule has 0 spiro atoms. The molecule has 0 aliphatic carbocycles. The van der Waals surface area contributed by atoms with Crippen molar-refractivity contribution in [2.45, 2.75) is 42.0 Å². The quantitative estimate of drug-likeness (QED) is 0.495. The third-order valence-corrected chi connectivity index (χ3v) is 5.84. The van der Waals surface area contributed by atoms with Crippen molar-refractivity contribution >= 4 is 21.4 Å². The summed E-state index contributed by atoms with van der Waals surface area (Å²) >= 11 is 0. The number of ether oxygens (including phenoxy) is 1. The lowest BCUT2D eigenvalue weighted by Crippen LogP contribution is -2.35. The first-order valence-electron chi connectivity index (χ1n) is 9.18. The number of nitrogens with one attached hydrogen (secondary N) is 1. The van der Waals surface area contributed by atoms with Crippen LogP contribution in [0.3, 0.4) is 0 Å². The Bertz CT molecular complexity index is 1090. The van der Waals surface area contributed by atoms with Crippen molar-refractivity contribution < 1.29 is 40.6 Å². The molecule has 1 unspecified atom stereocenters. The Hall–Kier alpha value is -2.77. The van der Waals surface area contributed by atoms with Gasteiger partial charge in [-0.05, 0) is 38.1 Å². The van der Waals surface area contributed by atoms with Crippen LogP contribution in [0.4, 0.5) is 23.2 Å². The van der Waals surface area contributed by atoms with E-state index in [1.165, 1.54) is 0 Å². The number of rotatable bonds is 8. The lowest BCUT2D eigenvalue weighted by Gasteiger charge is -2.14. The molecule has 4 N–H and O–H groups in total. The van der Waals surface area contributed by atoms with Crippen LogP contribution in [0.25, 0.3) is 0 Å². The highest BCUT2D eigenvalue weighted by Gasteiger charge is 2.33. The van der Waals surface area contributed by atoms with Crippen LogP contribution >= 0.6 is 0 Å². The third kappa shape index (κ3) is 6.14. The summed E-state index contributed by atoms with van der Waals surface area (Å²) in [5.41, 5.74) is 3.63. The number of carbonyl (C=O) groups is 1. The van der Waals surface area contributed by atoms with Crippen molar-refractivity contribution in [3.63, 3.8) is 0 Å². The van der Waals surface area contributed by atoms with E-state index in [2.05, 4.69) is 10.3 Å². The number of nitrogens with zero attached hydrogens (tertiary/aromatic N) is 1. The molecule has 8 nitrogen and oxygen atoms in total. The standard InChI is InChI=1S/C19H21F4N3O5S/c1-10(2)31-9-12(27)7-26-18(28)17-15(24)6-13(8-25-17)32(29,30)16-4-3-11(5-14(16)20)19(21,22)23/h3-6,8,10,12,27H,7,9,24H2,1-2H3,(H,26,28). The number of hydrogen-bond acceptors (Lipinski definition) is 7. The molecule has 2 aromatic rings. The van der Waals surface area contributed by atoms with Gasteiger partial charge >= 0.3 is 6.18 Å². The molecule has 32 heavy (non-hydrogen) atoms. The van der Waals surface area contributed by atoms with Crippen LogP contribution in [-0.4, -0.2) is 49.8 Å². The summed E-state index contributed by atoms with van der Waals surface area (Å²) in [6, 6.07) is 1.83.